The molecule has 0 atom stereocenters. The van der Waals surface area contributed by atoms with Crippen molar-refractivity contribution >= 4 is 15.9 Å². The zero-order valence-electron chi connectivity index (χ0n) is 9.58. The first-order valence-electron chi connectivity index (χ1n) is 4.98. The topological polar surface area (TPSA) is 50.7 Å². The van der Waals surface area contributed by atoms with E-state index in [9.17, 15) is 0 Å². The molecule has 0 bridgehead atoms. The van der Waals surface area contributed by atoms with Crippen LogP contribution in [0.5, 0.6) is 11.5 Å². The van der Waals surface area contributed by atoms with Crippen LogP contribution in [-0.2, 0) is 6.54 Å². The van der Waals surface area contributed by atoms with Crippen LogP contribution >= 0.6 is 15.9 Å². The third kappa shape index (κ3) is 3.37. The van der Waals surface area contributed by atoms with E-state index in [1.54, 1.807) is 7.11 Å². The summed E-state index contributed by atoms with van der Waals surface area (Å²) >= 11 is 3.40. The van der Waals surface area contributed by atoms with Gasteiger partial charge in [-0.25, -0.2) is 5.48 Å². The highest BCUT2D eigenvalue weighted by atomic mass is 79.9. The number of nitrogens with one attached hydrogen (secondary N) is 1. The summed E-state index contributed by atoms with van der Waals surface area (Å²) in [6.07, 6.45) is 0.0741. The van der Waals surface area contributed by atoms with Gasteiger partial charge in [0.05, 0.1) is 13.2 Å². The van der Waals surface area contributed by atoms with Crippen molar-refractivity contribution in [3.05, 3.63) is 22.2 Å². The lowest BCUT2D eigenvalue weighted by Gasteiger charge is -2.15. The number of hydrogen-bond donors (Lipinski definition) is 2. The summed E-state index contributed by atoms with van der Waals surface area (Å²) in [5.41, 5.74) is 3.02. The Bertz CT molecular complexity index is 355. The SMILES string of the molecule is COc1cc(Br)c(CNO)cc1OC(C)C. The molecule has 90 valence electrons. The number of hydrogen-bond acceptors (Lipinski definition) is 4. The van der Waals surface area contributed by atoms with Gasteiger partial charge in [0.1, 0.15) is 0 Å². The molecule has 4 nitrogen and oxygen atoms in total. The molecule has 0 aromatic heterocycles. The Kier molecular flexibility index (Phi) is 5.05. The molecule has 0 radical (unpaired) electrons. The fourth-order valence-electron chi connectivity index (χ4n) is 1.30. The Hall–Kier alpha value is -0.780. The van der Waals surface area contributed by atoms with Crippen LogP contribution in [-0.4, -0.2) is 18.4 Å². The van der Waals surface area contributed by atoms with Crippen LogP contribution < -0.4 is 15.0 Å². The average Bonchev–Trinajstić information content (AvgIpc) is 2.22. The molecule has 16 heavy (non-hydrogen) atoms. The van der Waals surface area contributed by atoms with E-state index in [2.05, 4.69) is 21.4 Å². The number of ether oxygens (including phenoxy) is 2. The highest BCUT2D eigenvalue weighted by Crippen LogP contribution is 2.34. The van der Waals surface area contributed by atoms with Crippen LogP contribution in [0.15, 0.2) is 16.6 Å². The van der Waals surface area contributed by atoms with Gasteiger partial charge in [0.15, 0.2) is 11.5 Å². The van der Waals surface area contributed by atoms with Gasteiger partial charge < -0.3 is 14.7 Å². The molecule has 1 aromatic rings. The molecular weight excluding hydrogens is 274 g/mol. The standard InChI is InChI=1S/C11H16BrNO3/c1-7(2)16-11-4-8(6-13-14)9(12)5-10(11)15-3/h4-5,7,13-14H,6H2,1-3H3. The van der Waals surface area contributed by atoms with E-state index in [1.165, 1.54) is 0 Å². The van der Waals surface area contributed by atoms with E-state index >= 15 is 0 Å². The average molecular weight is 290 g/mol. The number of hydroxylamine groups is 1. The van der Waals surface area contributed by atoms with E-state index < -0.39 is 0 Å². The molecular formula is C11H16BrNO3. The number of halogens is 1. The van der Waals surface area contributed by atoms with Gasteiger partial charge in [0, 0.05) is 11.0 Å². The molecule has 0 aliphatic heterocycles. The quantitative estimate of drug-likeness (QED) is 0.819. The normalized spacial score (nSPS) is 10.6. The van der Waals surface area contributed by atoms with E-state index in [4.69, 9.17) is 14.7 Å². The molecule has 0 fully saturated rings. The number of rotatable bonds is 5. The lowest BCUT2D eigenvalue weighted by Crippen LogP contribution is -2.10. The lowest BCUT2D eigenvalue weighted by molar-refractivity contribution is 0.160. The first kappa shape index (κ1) is 13.3. The van der Waals surface area contributed by atoms with Gasteiger partial charge in [-0.15, -0.1) is 0 Å². The van der Waals surface area contributed by atoms with Gasteiger partial charge in [0.2, 0.25) is 0 Å². The van der Waals surface area contributed by atoms with E-state index in [-0.39, 0.29) is 6.10 Å². The predicted molar refractivity (Wildman–Crippen MR) is 65.1 cm³/mol. The third-order valence-electron chi connectivity index (χ3n) is 1.96. The molecule has 0 aliphatic rings. The van der Waals surface area contributed by atoms with Gasteiger partial charge in [-0.2, -0.15) is 0 Å². The molecule has 0 spiro atoms. The molecule has 0 unspecified atom stereocenters. The minimum absolute atomic E-state index is 0.0741. The first-order valence-corrected chi connectivity index (χ1v) is 5.77. The summed E-state index contributed by atoms with van der Waals surface area (Å²) < 4.78 is 11.7. The predicted octanol–water partition coefficient (Wildman–Crippen LogP) is 2.72. The maximum Gasteiger partial charge on any atom is 0.161 e. The van der Waals surface area contributed by atoms with Crippen LogP contribution in [0.25, 0.3) is 0 Å². The van der Waals surface area contributed by atoms with Crippen molar-refractivity contribution in [2.75, 3.05) is 7.11 Å². The number of methoxy groups -OCH3 is 1. The summed E-state index contributed by atoms with van der Waals surface area (Å²) in [5.74, 6) is 1.34. The maximum absolute atomic E-state index is 8.70. The lowest BCUT2D eigenvalue weighted by atomic mass is 10.2. The summed E-state index contributed by atoms with van der Waals surface area (Å²) in [6.45, 7) is 4.25. The summed E-state index contributed by atoms with van der Waals surface area (Å²) in [7, 11) is 1.60. The zero-order valence-corrected chi connectivity index (χ0v) is 11.2. The second kappa shape index (κ2) is 6.08. The molecule has 0 heterocycles. The fraction of sp³-hybridized carbons (Fsp3) is 0.455. The van der Waals surface area contributed by atoms with Crippen molar-refractivity contribution in [2.45, 2.75) is 26.5 Å². The largest absolute Gasteiger partial charge is 0.493 e. The minimum Gasteiger partial charge on any atom is -0.493 e. The smallest absolute Gasteiger partial charge is 0.161 e. The fourth-order valence-corrected chi connectivity index (χ4v) is 1.77. The van der Waals surface area contributed by atoms with Crippen LogP contribution in [0.4, 0.5) is 0 Å². The van der Waals surface area contributed by atoms with Crippen molar-refractivity contribution in [2.24, 2.45) is 0 Å². The monoisotopic (exact) mass is 289 g/mol. The van der Waals surface area contributed by atoms with Crippen molar-refractivity contribution < 1.29 is 14.7 Å². The molecule has 0 saturated heterocycles. The zero-order chi connectivity index (χ0) is 12.1. The molecule has 5 heteroatoms. The Morgan fingerprint density at radius 2 is 2.06 bits per heavy atom. The Balaban J connectivity index is 3.07. The molecule has 2 N–H and O–H groups in total. The highest BCUT2D eigenvalue weighted by Gasteiger charge is 2.11. The summed E-state index contributed by atoms with van der Waals surface area (Å²) in [5, 5.41) is 8.70. The van der Waals surface area contributed by atoms with Crippen LogP contribution in [0, 0.1) is 0 Å². The molecule has 0 amide bonds. The van der Waals surface area contributed by atoms with E-state index in [0.717, 1.165) is 10.0 Å². The molecule has 0 aliphatic carbocycles. The third-order valence-corrected chi connectivity index (χ3v) is 2.70. The van der Waals surface area contributed by atoms with Gasteiger partial charge in [-0.05, 0) is 31.5 Å². The van der Waals surface area contributed by atoms with Crippen molar-refractivity contribution in [3.8, 4) is 11.5 Å². The van der Waals surface area contributed by atoms with Crippen LogP contribution in [0.2, 0.25) is 0 Å². The molecule has 1 aromatic carbocycles. The van der Waals surface area contributed by atoms with Gasteiger partial charge in [-0.3, -0.25) is 0 Å². The van der Waals surface area contributed by atoms with Gasteiger partial charge in [0.25, 0.3) is 0 Å². The van der Waals surface area contributed by atoms with Crippen molar-refractivity contribution in [1.82, 2.24) is 5.48 Å². The van der Waals surface area contributed by atoms with E-state index in [1.807, 2.05) is 26.0 Å². The van der Waals surface area contributed by atoms with Crippen LogP contribution in [0.1, 0.15) is 19.4 Å². The summed E-state index contributed by atoms with van der Waals surface area (Å²) in [4.78, 5) is 0. The molecule has 0 saturated carbocycles. The summed E-state index contributed by atoms with van der Waals surface area (Å²) in [6, 6.07) is 3.66. The maximum atomic E-state index is 8.70. The van der Waals surface area contributed by atoms with Crippen molar-refractivity contribution in [3.63, 3.8) is 0 Å². The first-order chi connectivity index (χ1) is 7.58. The van der Waals surface area contributed by atoms with Crippen molar-refractivity contribution in [1.29, 1.82) is 0 Å². The minimum atomic E-state index is 0.0741. The van der Waals surface area contributed by atoms with Gasteiger partial charge >= 0.3 is 0 Å². The highest BCUT2D eigenvalue weighted by molar-refractivity contribution is 9.10. The van der Waals surface area contributed by atoms with E-state index in [0.29, 0.717) is 18.0 Å². The second-order valence-electron chi connectivity index (χ2n) is 3.60. The molecule has 1 rings (SSSR count). The Morgan fingerprint density at radius 3 is 2.56 bits per heavy atom. The second-order valence-corrected chi connectivity index (χ2v) is 4.45. The Morgan fingerprint density at radius 1 is 1.38 bits per heavy atom. The van der Waals surface area contributed by atoms with Gasteiger partial charge in [-0.1, -0.05) is 15.9 Å². The van der Waals surface area contributed by atoms with Crippen LogP contribution in [0.3, 0.4) is 0 Å². The Labute approximate surface area is 104 Å². The number of benzene rings is 1.